The molecule has 0 aromatic heterocycles. The lowest BCUT2D eigenvalue weighted by atomic mass is 9.73. The number of rotatable bonds is 5. The third-order valence-electron chi connectivity index (χ3n) is 9.68. The zero-order valence-corrected chi connectivity index (χ0v) is 29.8. The highest BCUT2D eigenvalue weighted by Crippen LogP contribution is 2.40. The van der Waals surface area contributed by atoms with Crippen LogP contribution in [0.2, 0.25) is 5.02 Å². The van der Waals surface area contributed by atoms with E-state index in [9.17, 15) is 24.6 Å². The van der Waals surface area contributed by atoms with Crippen LogP contribution in [0.4, 0.5) is 10.5 Å². The second kappa shape index (κ2) is 15.4. The number of ether oxygens (including phenoxy) is 4. The van der Waals surface area contributed by atoms with Crippen molar-refractivity contribution in [3.8, 4) is 5.75 Å². The molecule has 1 aromatic rings. The lowest BCUT2D eigenvalue weighted by molar-refractivity contribution is -0.185. The minimum absolute atomic E-state index is 0.0697. The normalized spacial score (nSPS) is 33.3. The molecule has 0 saturated carbocycles. The van der Waals surface area contributed by atoms with Crippen LogP contribution in [0.1, 0.15) is 53.0 Å². The van der Waals surface area contributed by atoms with Crippen LogP contribution in [0, 0.1) is 11.8 Å². The molecule has 8 atom stereocenters. The Kier molecular flexibility index (Phi) is 12.5. The first-order valence-electron chi connectivity index (χ1n) is 15.7. The average molecular weight is 680 g/mol. The lowest BCUT2D eigenvalue weighted by Crippen LogP contribution is -2.64. The van der Waals surface area contributed by atoms with Crippen LogP contribution in [-0.2, 0) is 30.2 Å². The van der Waals surface area contributed by atoms with Crippen molar-refractivity contribution in [2.24, 2.45) is 11.8 Å². The van der Waals surface area contributed by atoms with Crippen molar-refractivity contribution in [2.45, 2.75) is 89.6 Å². The van der Waals surface area contributed by atoms with Gasteiger partial charge in [-0.3, -0.25) is 19.8 Å². The minimum Gasteiger partial charge on any atom is -0.495 e. The SMILES string of the molecule is COc1cc2cc(c1Cl)N(C)C(=O)C[C@H](OC(=O)[C@H](C)N(C)C)[C@](C)(O)[C@@H](C)[C@H](C)[C@@H]1C[C@@](O)(NC(=O)O1)[C@H](OC)/C=C/C=C(\C)C2. The number of allylic oxidation sites excluding steroid dienone is 3. The highest BCUT2D eigenvalue weighted by Gasteiger charge is 2.51. The highest BCUT2D eigenvalue weighted by atomic mass is 35.5. The zero-order chi connectivity index (χ0) is 35.4. The number of fused-ring (bicyclic) bond motifs is 4. The monoisotopic (exact) mass is 679 g/mol. The molecule has 1 fully saturated rings. The molecule has 0 unspecified atom stereocenters. The second-order valence-corrected chi connectivity index (χ2v) is 13.5. The maximum atomic E-state index is 13.9. The van der Waals surface area contributed by atoms with Crippen molar-refractivity contribution in [1.29, 1.82) is 0 Å². The van der Waals surface area contributed by atoms with Crippen LogP contribution >= 0.6 is 11.6 Å². The molecule has 47 heavy (non-hydrogen) atoms. The Bertz CT molecular complexity index is 1380. The third kappa shape index (κ3) is 8.66. The molecule has 2 aliphatic heterocycles. The van der Waals surface area contributed by atoms with Gasteiger partial charge in [0.2, 0.25) is 5.91 Å². The van der Waals surface area contributed by atoms with Gasteiger partial charge in [-0.2, -0.15) is 0 Å². The molecule has 13 heteroatoms. The van der Waals surface area contributed by atoms with Gasteiger partial charge in [0.25, 0.3) is 0 Å². The number of halogens is 1. The Morgan fingerprint density at radius 2 is 1.87 bits per heavy atom. The Balaban J connectivity index is 2.19. The molecule has 2 heterocycles. The van der Waals surface area contributed by atoms with Crippen molar-refractivity contribution in [2.75, 3.05) is 40.3 Å². The number of nitrogens with zero attached hydrogens (tertiary/aromatic N) is 2. The van der Waals surface area contributed by atoms with E-state index in [1.807, 2.05) is 13.0 Å². The van der Waals surface area contributed by atoms with E-state index < -0.39 is 65.5 Å². The molecule has 3 N–H and O–H groups in total. The molecule has 2 aliphatic rings. The number of carbonyl (C=O) groups excluding carboxylic acids is 3. The fraction of sp³-hybridized carbons (Fsp3) is 0.618. The van der Waals surface area contributed by atoms with E-state index in [4.69, 9.17) is 30.5 Å². The number of alkyl carbamates (subject to hydrolysis) is 1. The predicted octanol–water partition coefficient (Wildman–Crippen LogP) is 3.85. The zero-order valence-electron chi connectivity index (χ0n) is 29.0. The van der Waals surface area contributed by atoms with Gasteiger partial charge < -0.3 is 34.1 Å². The molecule has 1 aromatic carbocycles. The van der Waals surface area contributed by atoms with Gasteiger partial charge in [0.15, 0.2) is 5.72 Å². The van der Waals surface area contributed by atoms with Crippen LogP contribution in [0.25, 0.3) is 0 Å². The standard InChI is InChI=1S/C34H50ClN3O9/c1-19-12-11-13-27(45-10)34(43)18-26(46-32(41)36-34)20(2)21(3)33(5,42)28(47-31(40)22(4)37(6)7)17-29(39)38(8)24-15-23(14-19)16-25(44-9)30(24)35/h11-13,15-16,20-22,26-28,42-43H,14,17-18H2,1-10H3,(H,36,41)/b13-11+,19-12+/t20-,21-,22-,26-,27+,28-,33+,34-/m0/s1. The van der Waals surface area contributed by atoms with Crippen LogP contribution in [0.3, 0.4) is 0 Å². The van der Waals surface area contributed by atoms with Gasteiger partial charge in [0.05, 0.1) is 19.2 Å². The summed E-state index contributed by atoms with van der Waals surface area (Å²) in [4.78, 5) is 43.0. The number of hydrogen-bond donors (Lipinski definition) is 3. The van der Waals surface area contributed by atoms with E-state index in [1.54, 1.807) is 71.1 Å². The van der Waals surface area contributed by atoms with Crippen LogP contribution in [-0.4, -0.2) is 104 Å². The van der Waals surface area contributed by atoms with Crippen LogP contribution < -0.4 is 15.0 Å². The number of benzene rings is 1. The van der Waals surface area contributed by atoms with E-state index in [2.05, 4.69) is 5.32 Å². The van der Waals surface area contributed by atoms with E-state index in [-0.39, 0.29) is 17.9 Å². The number of likely N-dealkylation sites (N-methyl/N-ethyl adjacent to an activating group) is 1. The first kappa shape index (κ1) is 38.3. The number of nitrogens with one attached hydrogen (secondary N) is 1. The van der Waals surface area contributed by atoms with Gasteiger partial charge in [-0.25, -0.2) is 4.79 Å². The van der Waals surface area contributed by atoms with Crippen molar-refractivity contribution in [3.63, 3.8) is 0 Å². The van der Waals surface area contributed by atoms with Gasteiger partial charge in [0, 0.05) is 20.6 Å². The summed E-state index contributed by atoms with van der Waals surface area (Å²) in [5, 5.41) is 26.5. The second-order valence-electron chi connectivity index (χ2n) is 13.2. The molecule has 0 spiro atoms. The van der Waals surface area contributed by atoms with Gasteiger partial charge in [0.1, 0.15) is 40.7 Å². The summed E-state index contributed by atoms with van der Waals surface area (Å²) in [6.07, 6.45) is 1.27. The molecule has 0 aliphatic carbocycles. The van der Waals surface area contributed by atoms with E-state index in [0.29, 0.717) is 17.9 Å². The minimum atomic E-state index is -1.83. The average Bonchev–Trinajstić information content (AvgIpc) is 3.00. The number of aliphatic hydroxyl groups is 2. The molecule has 4 bridgehead atoms. The topological polar surface area (TPSA) is 147 Å². The van der Waals surface area contributed by atoms with Gasteiger partial charge in [-0.15, -0.1) is 0 Å². The third-order valence-corrected chi connectivity index (χ3v) is 10.1. The Labute approximate surface area is 282 Å². The first-order chi connectivity index (χ1) is 21.9. The van der Waals surface area contributed by atoms with E-state index in [1.165, 1.54) is 26.0 Å². The maximum absolute atomic E-state index is 13.9. The van der Waals surface area contributed by atoms with E-state index in [0.717, 1.165) is 11.1 Å². The molecular weight excluding hydrogens is 630 g/mol. The summed E-state index contributed by atoms with van der Waals surface area (Å²) < 4.78 is 22.7. The van der Waals surface area contributed by atoms with Crippen molar-refractivity contribution >= 4 is 35.3 Å². The van der Waals surface area contributed by atoms with Gasteiger partial charge in [-0.05, 0) is 70.8 Å². The first-order valence-corrected chi connectivity index (χ1v) is 16.0. The molecule has 2 amide bonds. The summed E-state index contributed by atoms with van der Waals surface area (Å²) >= 11 is 6.70. The number of esters is 1. The summed E-state index contributed by atoms with van der Waals surface area (Å²) in [6, 6.07) is 2.90. The van der Waals surface area contributed by atoms with Crippen molar-refractivity contribution in [3.05, 3.63) is 46.5 Å². The van der Waals surface area contributed by atoms with Crippen LogP contribution in [0.15, 0.2) is 35.9 Å². The van der Waals surface area contributed by atoms with Crippen molar-refractivity contribution < 1.29 is 43.5 Å². The maximum Gasteiger partial charge on any atom is 0.409 e. The summed E-state index contributed by atoms with van der Waals surface area (Å²) in [5.74, 6) is -2.03. The summed E-state index contributed by atoms with van der Waals surface area (Å²) in [7, 11) is 7.90. The largest absolute Gasteiger partial charge is 0.495 e. The molecule has 1 saturated heterocycles. The van der Waals surface area contributed by atoms with Crippen molar-refractivity contribution in [1.82, 2.24) is 10.2 Å². The fourth-order valence-corrected chi connectivity index (χ4v) is 6.20. The molecule has 0 radical (unpaired) electrons. The van der Waals surface area contributed by atoms with Gasteiger partial charge in [-0.1, -0.05) is 49.2 Å². The number of hydrogen-bond acceptors (Lipinski definition) is 10. The highest BCUT2D eigenvalue weighted by molar-refractivity contribution is 6.35. The Morgan fingerprint density at radius 3 is 2.47 bits per heavy atom. The molecular formula is C34H50ClN3O9. The number of amides is 2. The fourth-order valence-electron chi connectivity index (χ4n) is 5.89. The quantitative estimate of drug-likeness (QED) is 0.392. The Hall–Kier alpha value is -3.16. The Morgan fingerprint density at radius 1 is 1.21 bits per heavy atom. The number of carbonyl (C=O) groups is 3. The van der Waals surface area contributed by atoms with Crippen LogP contribution in [0.5, 0.6) is 5.75 Å². The predicted molar refractivity (Wildman–Crippen MR) is 178 cm³/mol. The molecule has 12 nitrogen and oxygen atoms in total. The molecule has 262 valence electrons. The summed E-state index contributed by atoms with van der Waals surface area (Å²) in [5.41, 5.74) is -1.52. The number of anilines is 1. The van der Waals surface area contributed by atoms with E-state index >= 15 is 0 Å². The molecule has 3 rings (SSSR count). The smallest absolute Gasteiger partial charge is 0.409 e. The summed E-state index contributed by atoms with van der Waals surface area (Å²) in [6.45, 7) is 8.55. The number of methoxy groups -OCH3 is 2. The van der Waals surface area contributed by atoms with Gasteiger partial charge >= 0.3 is 12.1 Å². The lowest BCUT2D eigenvalue weighted by Gasteiger charge is -2.46.